The van der Waals surface area contributed by atoms with Crippen LogP contribution in [0.2, 0.25) is 0 Å². The normalized spacial score (nSPS) is 16.5. The van der Waals surface area contributed by atoms with Gasteiger partial charge in [0.1, 0.15) is 0 Å². The van der Waals surface area contributed by atoms with Gasteiger partial charge >= 0.3 is 0 Å². The Morgan fingerprint density at radius 3 is 2.53 bits per heavy atom. The lowest BCUT2D eigenvalue weighted by Gasteiger charge is -2.17. The van der Waals surface area contributed by atoms with Gasteiger partial charge in [-0.3, -0.25) is 0 Å². The molecule has 1 atom stereocenters. The summed E-state index contributed by atoms with van der Waals surface area (Å²) >= 11 is 0. The molecule has 0 aliphatic carbocycles. The molecule has 106 valence electrons. The van der Waals surface area contributed by atoms with Crippen molar-refractivity contribution in [1.29, 1.82) is 0 Å². The first-order valence-electron chi connectivity index (χ1n) is 6.83. The van der Waals surface area contributed by atoms with E-state index in [1.165, 1.54) is 12.8 Å². The maximum Gasteiger partial charge on any atom is 0.231 e. The Hall–Kier alpha value is -1.63. The van der Waals surface area contributed by atoms with Crippen molar-refractivity contribution in [3.63, 3.8) is 0 Å². The van der Waals surface area contributed by atoms with Gasteiger partial charge in [-0.1, -0.05) is 6.92 Å². The van der Waals surface area contributed by atoms with Crippen molar-refractivity contribution in [2.24, 2.45) is 0 Å². The minimum Gasteiger partial charge on any atom is -0.391 e. The topological polar surface area (TPSA) is 86.2 Å². The van der Waals surface area contributed by atoms with Crippen molar-refractivity contribution in [2.75, 3.05) is 42.2 Å². The zero-order valence-corrected chi connectivity index (χ0v) is 11.6. The molecule has 0 radical (unpaired) electrons. The average molecular weight is 266 g/mol. The van der Waals surface area contributed by atoms with Gasteiger partial charge in [-0.15, -0.1) is 0 Å². The molecule has 19 heavy (non-hydrogen) atoms. The largest absolute Gasteiger partial charge is 0.391 e. The maximum atomic E-state index is 9.57. The molecule has 0 amide bonds. The van der Waals surface area contributed by atoms with Gasteiger partial charge in [0, 0.05) is 26.7 Å². The average Bonchev–Trinajstić information content (AvgIpc) is 2.98. The van der Waals surface area contributed by atoms with E-state index in [1.807, 2.05) is 6.92 Å². The van der Waals surface area contributed by atoms with Crippen molar-refractivity contribution in [3.8, 4) is 0 Å². The van der Waals surface area contributed by atoms with E-state index in [4.69, 9.17) is 0 Å². The predicted molar refractivity (Wildman–Crippen MR) is 75.6 cm³/mol. The van der Waals surface area contributed by atoms with Crippen LogP contribution < -0.4 is 15.5 Å². The molecule has 3 N–H and O–H groups in total. The van der Waals surface area contributed by atoms with E-state index in [9.17, 15) is 5.11 Å². The minimum absolute atomic E-state index is 0.384. The molecule has 1 aromatic heterocycles. The number of anilines is 3. The van der Waals surface area contributed by atoms with Crippen molar-refractivity contribution in [3.05, 3.63) is 0 Å². The van der Waals surface area contributed by atoms with Crippen LogP contribution in [0.1, 0.15) is 26.2 Å². The van der Waals surface area contributed by atoms with Crippen LogP contribution in [-0.4, -0.2) is 52.8 Å². The van der Waals surface area contributed by atoms with Crippen LogP contribution in [0, 0.1) is 0 Å². The van der Waals surface area contributed by atoms with Crippen LogP contribution in [0.5, 0.6) is 0 Å². The van der Waals surface area contributed by atoms with Crippen LogP contribution in [0.4, 0.5) is 17.8 Å². The highest BCUT2D eigenvalue weighted by atomic mass is 16.3. The van der Waals surface area contributed by atoms with Crippen molar-refractivity contribution >= 4 is 17.8 Å². The lowest BCUT2D eigenvalue weighted by molar-refractivity contribution is 0.183. The Balaban J connectivity index is 2.11. The summed E-state index contributed by atoms with van der Waals surface area (Å²) in [5.74, 6) is 1.75. The molecule has 1 aromatic rings. The number of hydrogen-bond donors (Lipinski definition) is 3. The molecular weight excluding hydrogens is 244 g/mol. The van der Waals surface area contributed by atoms with E-state index in [0.717, 1.165) is 13.1 Å². The highest BCUT2D eigenvalue weighted by molar-refractivity contribution is 5.44. The fourth-order valence-electron chi connectivity index (χ4n) is 1.97. The molecule has 1 fully saturated rings. The molecule has 0 spiro atoms. The molecule has 1 aliphatic heterocycles. The molecule has 7 nitrogen and oxygen atoms in total. The molecule has 2 rings (SSSR count). The quantitative estimate of drug-likeness (QED) is 0.698. The fourth-order valence-corrected chi connectivity index (χ4v) is 1.97. The predicted octanol–water partition coefficient (Wildman–Crippen LogP) is 0.696. The second kappa shape index (κ2) is 6.51. The van der Waals surface area contributed by atoms with Gasteiger partial charge in [-0.25, -0.2) is 0 Å². The monoisotopic (exact) mass is 266 g/mol. The summed E-state index contributed by atoms with van der Waals surface area (Å²) in [6.07, 6.45) is 2.68. The van der Waals surface area contributed by atoms with Gasteiger partial charge in [-0.2, -0.15) is 15.0 Å². The van der Waals surface area contributed by atoms with Gasteiger partial charge in [0.25, 0.3) is 0 Å². The Bertz CT molecular complexity index is 407. The van der Waals surface area contributed by atoms with Gasteiger partial charge in [0.15, 0.2) is 0 Å². The van der Waals surface area contributed by atoms with Crippen LogP contribution in [0.3, 0.4) is 0 Å². The molecule has 1 aliphatic rings. The van der Waals surface area contributed by atoms with Crippen LogP contribution in [-0.2, 0) is 0 Å². The first kappa shape index (κ1) is 13.8. The number of aromatic nitrogens is 3. The SMILES string of the molecule is CCC(O)CNc1nc(NC)nc(N2CCCC2)n1. The van der Waals surface area contributed by atoms with E-state index in [2.05, 4.69) is 30.5 Å². The third-order valence-corrected chi connectivity index (χ3v) is 3.20. The van der Waals surface area contributed by atoms with E-state index < -0.39 is 0 Å². The lowest BCUT2D eigenvalue weighted by Crippen LogP contribution is -2.24. The Morgan fingerprint density at radius 1 is 1.21 bits per heavy atom. The van der Waals surface area contributed by atoms with Gasteiger partial charge in [0.2, 0.25) is 17.8 Å². The third kappa shape index (κ3) is 3.66. The molecule has 0 bridgehead atoms. The number of aliphatic hydroxyl groups excluding tert-OH is 1. The molecular formula is C12H22N6O. The summed E-state index contributed by atoms with van der Waals surface area (Å²) in [5.41, 5.74) is 0. The van der Waals surface area contributed by atoms with E-state index in [0.29, 0.717) is 30.8 Å². The minimum atomic E-state index is -0.384. The highest BCUT2D eigenvalue weighted by Crippen LogP contribution is 2.18. The highest BCUT2D eigenvalue weighted by Gasteiger charge is 2.17. The summed E-state index contributed by atoms with van der Waals surface area (Å²) in [6, 6.07) is 0. The van der Waals surface area contributed by atoms with Crippen LogP contribution in [0.15, 0.2) is 0 Å². The maximum absolute atomic E-state index is 9.57. The van der Waals surface area contributed by atoms with Crippen molar-refractivity contribution in [1.82, 2.24) is 15.0 Å². The standard InChI is InChI=1S/C12H22N6O/c1-3-9(19)8-14-11-15-10(13-2)16-12(17-11)18-6-4-5-7-18/h9,19H,3-8H2,1-2H3,(H2,13,14,15,16,17). The van der Waals surface area contributed by atoms with Crippen LogP contribution >= 0.6 is 0 Å². The Kier molecular flexibility index (Phi) is 4.73. The molecule has 1 saturated heterocycles. The smallest absolute Gasteiger partial charge is 0.231 e. The second-order valence-corrected chi connectivity index (χ2v) is 4.67. The summed E-state index contributed by atoms with van der Waals surface area (Å²) in [5, 5.41) is 15.6. The summed E-state index contributed by atoms with van der Waals surface area (Å²) < 4.78 is 0. The number of nitrogens with one attached hydrogen (secondary N) is 2. The molecule has 0 saturated carbocycles. The number of hydrogen-bond acceptors (Lipinski definition) is 7. The first-order valence-corrected chi connectivity index (χ1v) is 6.83. The number of aliphatic hydroxyl groups is 1. The molecule has 1 unspecified atom stereocenters. The Labute approximate surface area is 113 Å². The molecule has 0 aromatic carbocycles. The fraction of sp³-hybridized carbons (Fsp3) is 0.750. The number of nitrogens with zero attached hydrogens (tertiary/aromatic N) is 4. The molecule has 7 heteroatoms. The zero-order chi connectivity index (χ0) is 13.7. The summed E-state index contributed by atoms with van der Waals surface area (Å²) in [4.78, 5) is 15.2. The van der Waals surface area contributed by atoms with E-state index in [1.54, 1.807) is 7.05 Å². The lowest BCUT2D eigenvalue weighted by atomic mass is 10.3. The van der Waals surface area contributed by atoms with Crippen LogP contribution in [0.25, 0.3) is 0 Å². The second-order valence-electron chi connectivity index (χ2n) is 4.67. The summed E-state index contributed by atoms with van der Waals surface area (Å²) in [7, 11) is 1.79. The van der Waals surface area contributed by atoms with Crippen molar-refractivity contribution in [2.45, 2.75) is 32.3 Å². The van der Waals surface area contributed by atoms with Gasteiger partial charge < -0.3 is 20.6 Å². The van der Waals surface area contributed by atoms with E-state index in [-0.39, 0.29) is 6.10 Å². The molecule has 2 heterocycles. The number of rotatable bonds is 6. The van der Waals surface area contributed by atoms with Gasteiger partial charge in [0.05, 0.1) is 6.10 Å². The van der Waals surface area contributed by atoms with Crippen molar-refractivity contribution < 1.29 is 5.11 Å². The van der Waals surface area contributed by atoms with E-state index >= 15 is 0 Å². The zero-order valence-electron chi connectivity index (χ0n) is 11.6. The third-order valence-electron chi connectivity index (χ3n) is 3.20. The first-order chi connectivity index (χ1) is 9.22. The Morgan fingerprint density at radius 2 is 1.89 bits per heavy atom. The van der Waals surface area contributed by atoms with Gasteiger partial charge in [-0.05, 0) is 19.3 Å². The summed E-state index contributed by atoms with van der Waals surface area (Å²) in [6.45, 7) is 4.37.